The molecule has 0 bridgehead atoms. The Hall–Kier alpha value is -1.05. The van der Waals surface area contributed by atoms with Crippen LogP contribution in [0.1, 0.15) is 44.9 Å². The van der Waals surface area contributed by atoms with Crippen LogP contribution in [0.2, 0.25) is 0 Å². The fourth-order valence-corrected chi connectivity index (χ4v) is 3.60. The van der Waals surface area contributed by atoms with Crippen molar-refractivity contribution in [3.05, 3.63) is 24.5 Å². The molecule has 1 spiro atoms. The van der Waals surface area contributed by atoms with Gasteiger partial charge in [-0.25, -0.2) is 0 Å². The lowest BCUT2D eigenvalue weighted by atomic mass is 9.68. The summed E-state index contributed by atoms with van der Waals surface area (Å²) < 4.78 is 0. The summed E-state index contributed by atoms with van der Waals surface area (Å²) in [6.45, 7) is 2.48. The number of rotatable bonds is 1. The zero-order valence-electron chi connectivity index (χ0n) is 10.6. The van der Waals surface area contributed by atoms with Gasteiger partial charge in [0, 0.05) is 31.2 Å². The second kappa shape index (κ2) is 4.67. The van der Waals surface area contributed by atoms with Gasteiger partial charge in [0.1, 0.15) is 0 Å². The molecule has 2 aliphatic rings. The quantitative estimate of drug-likeness (QED) is 0.732. The van der Waals surface area contributed by atoms with Gasteiger partial charge in [-0.1, -0.05) is 19.3 Å². The Labute approximate surface area is 104 Å². The second-order valence-corrected chi connectivity index (χ2v) is 5.75. The van der Waals surface area contributed by atoms with Gasteiger partial charge in [0.05, 0.1) is 0 Å². The summed E-state index contributed by atoms with van der Waals surface area (Å²) in [7, 11) is 0. The van der Waals surface area contributed by atoms with Crippen LogP contribution in [0, 0.1) is 5.41 Å². The summed E-state index contributed by atoms with van der Waals surface area (Å²) in [6.07, 6.45) is 14.0. The predicted molar refractivity (Wildman–Crippen MR) is 71.2 cm³/mol. The third kappa shape index (κ3) is 2.31. The van der Waals surface area contributed by atoms with Gasteiger partial charge in [-0.05, 0) is 43.2 Å². The third-order valence-electron chi connectivity index (χ3n) is 4.77. The highest BCUT2D eigenvalue weighted by Crippen LogP contribution is 2.44. The Kier molecular flexibility index (Phi) is 3.04. The summed E-state index contributed by atoms with van der Waals surface area (Å²) in [5.74, 6) is 0. The number of aromatic nitrogens is 1. The smallest absolute Gasteiger partial charge is 0.0397 e. The molecule has 2 heteroatoms. The summed E-state index contributed by atoms with van der Waals surface area (Å²) in [5.41, 5.74) is 2.06. The molecule has 92 valence electrons. The van der Waals surface area contributed by atoms with Crippen molar-refractivity contribution in [1.29, 1.82) is 0 Å². The van der Waals surface area contributed by atoms with Crippen molar-refractivity contribution in [3.63, 3.8) is 0 Å². The van der Waals surface area contributed by atoms with Gasteiger partial charge in [-0.2, -0.15) is 0 Å². The third-order valence-corrected chi connectivity index (χ3v) is 4.77. The van der Waals surface area contributed by atoms with Gasteiger partial charge >= 0.3 is 0 Å². The maximum absolute atomic E-state index is 4.10. The lowest BCUT2D eigenvalue weighted by Gasteiger charge is -2.45. The van der Waals surface area contributed by atoms with E-state index in [0.29, 0.717) is 5.41 Å². The lowest BCUT2D eigenvalue weighted by molar-refractivity contribution is 0.144. The van der Waals surface area contributed by atoms with E-state index in [1.165, 1.54) is 63.7 Å². The molecule has 1 aromatic heterocycles. The van der Waals surface area contributed by atoms with Crippen molar-refractivity contribution in [2.24, 2.45) is 5.41 Å². The molecule has 1 aliphatic carbocycles. The van der Waals surface area contributed by atoms with Crippen LogP contribution in [-0.4, -0.2) is 18.1 Å². The van der Waals surface area contributed by atoms with Crippen molar-refractivity contribution in [3.8, 4) is 0 Å². The number of nitrogens with zero attached hydrogens (tertiary/aromatic N) is 2. The minimum Gasteiger partial charge on any atom is -0.371 e. The summed E-state index contributed by atoms with van der Waals surface area (Å²) in [6, 6.07) is 4.28. The number of hydrogen-bond acceptors (Lipinski definition) is 2. The number of pyridine rings is 1. The topological polar surface area (TPSA) is 16.1 Å². The average molecular weight is 230 g/mol. The van der Waals surface area contributed by atoms with E-state index in [9.17, 15) is 0 Å². The molecular formula is C15H22N2. The molecule has 1 saturated heterocycles. The highest BCUT2D eigenvalue weighted by molar-refractivity contribution is 5.45. The van der Waals surface area contributed by atoms with Crippen LogP contribution in [0.3, 0.4) is 0 Å². The van der Waals surface area contributed by atoms with Crippen LogP contribution in [0.5, 0.6) is 0 Å². The van der Waals surface area contributed by atoms with E-state index in [1.807, 2.05) is 12.4 Å². The average Bonchev–Trinajstić information content (AvgIpc) is 2.42. The van der Waals surface area contributed by atoms with Gasteiger partial charge in [0.25, 0.3) is 0 Å². The van der Waals surface area contributed by atoms with Crippen molar-refractivity contribution in [1.82, 2.24) is 4.98 Å². The molecule has 17 heavy (non-hydrogen) atoms. The van der Waals surface area contributed by atoms with Gasteiger partial charge in [-0.3, -0.25) is 4.98 Å². The number of hydrogen-bond donors (Lipinski definition) is 0. The molecule has 3 rings (SSSR count). The first-order valence-electron chi connectivity index (χ1n) is 7.03. The van der Waals surface area contributed by atoms with Crippen LogP contribution in [0.4, 0.5) is 5.69 Å². The van der Waals surface area contributed by atoms with Crippen molar-refractivity contribution >= 4 is 5.69 Å². The first-order valence-corrected chi connectivity index (χ1v) is 7.03. The summed E-state index contributed by atoms with van der Waals surface area (Å²) in [5, 5.41) is 0. The zero-order valence-corrected chi connectivity index (χ0v) is 10.6. The molecular weight excluding hydrogens is 208 g/mol. The van der Waals surface area contributed by atoms with Crippen molar-refractivity contribution < 1.29 is 0 Å². The molecule has 0 radical (unpaired) electrons. The van der Waals surface area contributed by atoms with E-state index < -0.39 is 0 Å². The molecule has 1 saturated carbocycles. The molecule has 1 aliphatic heterocycles. The van der Waals surface area contributed by atoms with Gasteiger partial charge in [0.2, 0.25) is 0 Å². The molecule has 2 heterocycles. The lowest BCUT2D eigenvalue weighted by Crippen LogP contribution is -2.41. The van der Waals surface area contributed by atoms with E-state index in [1.54, 1.807) is 0 Å². The molecule has 0 atom stereocenters. The van der Waals surface area contributed by atoms with Gasteiger partial charge in [-0.15, -0.1) is 0 Å². The van der Waals surface area contributed by atoms with Crippen molar-refractivity contribution in [2.75, 3.05) is 18.0 Å². The van der Waals surface area contributed by atoms with Crippen LogP contribution < -0.4 is 4.90 Å². The molecule has 0 amide bonds. The molecule has 0 unspecified atom stereocenters. The number of piperidine rings is 1. The standard InChI is InChI=1S/C15H22N2/c1-2-6-15(7-3-1)8-12-17(13-9-15)14-4-10-16-11-5-14/h4-5,10-11H,1-3,6-9,12-13H2. The minimum atomic E-state index is 0.710. The summed E-state index contributed by atoms with van der Waals surface area (Å²) in [4.78, 5) is 6.63. The maximum Gasteiger partial charge on any atom is 0.0397 e. The molecule has 2 fully saturated rings. The molecule has 0 N–H and O–H groups in total. The zero-order chi connectivity index (χ0) is 11.6. The first kappa shape index (κ1) is 11.1. The van der Waals surface area contributed by atoms with Crippen LogP contribution >= 0.6 is 0 Å². The second-order valence-electron chi connectivity index (χ2n) is 5.75. The molecule has 1 aromatic rings. The fraction of sp³-hybridized carbons (Fsp3) is 0.667. The van der Waals surface area contributed by atoms with E-state index in [0.717, 1.165) is 0 Å². The fourth-order valence-electron chi connectivity index (χ4n) is 3.60. The highest BCUT2D eigenvalue weighted by Gasteiger charge is 2.35. The van der Waals surface area contributed by atoms with Crippen LogP contribution in [0.25, 0.3) is 0 Å². The Balaban J connectivity index is 1.64. The largest absolute Gasteiger partial charge is 0.371 e. The van der Waals surface area contributed by atoms with Gasteiger partial charge < -0.3 is 4.90 Å². The van der Waals surface area contributed by atoms with E-state index in [4.69, 9.17) is 0 Å². The minimum absolute atomic E-state index is 0.710. The Morgan fingerprint density at radius 3 is 2.18 bits per heavy atom. The summed E-state index contributed by atoms with van der Waals surface area (Å²) >= 11 is 0. The molecule has 2 nitrogen and oxygen atoms in total. The Morgan fingerprint density at radius 2 is 1.53 bits per heavy atom. The van der Waals surface area contributed by atoms with Crippen LogP contribution in [-0.2, 0) is 0 Å². The van der Waals surface area contributed by atoms with E-state index in [-0.39, 0.29) is 0 Å². The van der Waals surface area contributed by atoms with Gasteiger partial charge in [0.15, 0.2) is 0 Å². The first-order chi connectivity index (χ1) is 8.38. The van der Waals surface area contributed by atoms with E-state index in [2.05, 4.69) is 22.0 Å². The SMILES string of the molecule is c1cc(N2CCC3(CCCCC3)CC2)ccn1. The normalized spacial score (nSPS) is 23.9. The molecule has 0 aromatic carbocycles. The predicted octanol–water partition coefficient (Wildman–Crippen LogP) is 3.63. The Morgan fingerprint density at radius 1 is 0.882 bits per heavy atom. The highest BCUT2D eigenvalue weighted by atomic mass is 15.1. The maximum atomic E-state index is 4.10. The monoisotopic (exact) mass is 230 g/mol. The van der Waals surface area contributed by atoms with Crippen LogP contribution in [0.15, 0.2) is 24.5 Å². The Bertz CT molecular complexity index is 344. The van der Waals surface area contributed by atoms with Crippen molar-refractivity contribution in [2.45, 2.75) is 44.9 Å². The number of anilines is 1. The van der Waals surface area contributed by atoms with E-state index >= 15 is 0 Å².